The molecule has 0 aliphatic carbocycles. The van der Waals surface area contributed by atoms with E-state index in [2.05, 4.69) is 15.4 Å². The number of hydrogen-bond donors (Lipinski definition) is 2. The summed E-state index contributed by atoms with van der Waals surface area (Å²) in [6.45, 7) is 3.56. The van der Waals surface area contributed by atoms with Gasteiger partial charge in [-0.15, -0.1) is 0 Å². The Morgan fingerprint density at radius 3 is 2.65 bits per heavy atom. The van der Waals surface area contributed by atoms with Crippen molar-refractivity contribution in [3.63, 3.8) is 0 Å². The quantitative estimate of drug-likeness (QED) is 0.455. The topological polar surface area (TPSA) is 82.3 Å². The monoisotopic (exact) mass is 274 g/mol. The van der Waals surface area contributed by atoms with Gasteiger partial charge in [0.2, 0.25) is 5.88 Å². The van der Waals surface area contributed by atoms with E-state index in [0.29, 0.717) is 37.3 Å². The van der Waals surface area contributed by atoms with Gasteiger partial charge in [-0.2, -0.15) is 4.98 Å². The first-order chi connectivity index (χ1) is 9.83. The number of benzene rings is 1. The number of hydrogen-bond acceptors (Lipinski definition) is 6. The molecule has 106 valence electrons. The number of nitrogen functional groups attached to an aromatic ring is 1. The Morgan fingerprint density at radius 1 is 1.15 bits per heavy atom. The fraction of sp³-hybridized carbons (Fsp3) is 0.286. The molecular formula is C14H18N4O2. The van der Waals surface area contributed by atoms with E-state index < -0.39 is 0 Å². The maximum Gasteiger partial charge on any atom is 0.219 e. The highest BCUT2D eigenvalue weighted by Gasteiger charge is 2.07. The molecule has 6 nitrogen and oxygen atoms in total. The van der Waals surface area contributed by atoms with Gasteiger partial charge in [-0.05, 0) is 6.92 Å². The Balaban J connectivity index is 2.16. The lowest BCUT2D eigenvalue weighted by Gasteiger charge is -2.09. The zero-order valence-corrected chi connectivity index (χ0v) is 11.4. The number of nitrogens with one attached hydrogen (secondary N) is 1. The lowest BCUT2D eigenvalue weighted by Crippen LogP contribution is -2.12. The van der Waals surface area contributed by atoms with Crippen LogP contribution in [0.5, 0.6) is 5.88 Å². The summed E-state index contributed by atoms with van der Waals surface area (Å²) in [5.74, 6) is 6.95. The maximum absolute atomic E-state index is 5.54. The fourth-order valence-corrected chi connectivity index (χ4v) is 1.64. The first kappa shape index (κ1) is 14.2. The lowest BCUT2D eigenvalue weighted by atomic mass is 10.2. The predicted molar refractivity (Wildman–Crippen MR) is 77.3 cm³/mol. The van der Waals surface area contributed by atoms with Crippen LogP contribution in [0.15, 0.2) is 36.4 Å². The van der Waals surface area contributed by atoms with Gasteiger partial charge < -0.3 is 14.9 Å². The van der Waals surface area contributed by atoms with E-state index in [-0.39, 0.29) is 0 Å². The molecule has 0 saturated heterocycles. The number of rotatable bonds is 7. The second kappa shape index (κ2) is 7.42. The predicted octanol–water partition coefficient (Wildman–Crippen LogP) is 1.84. The Morgan fingerprint density at radius 2 is 1.95 bits per heavy atom. The summed E-state index contributed by atoms with van der Waals surface area (Å²) in [6, 6.07) is 11.3. The summed E-state index contributed by atoms with van der Waals surface area (Å²) < 4.78 is 10.8. The van der Waals surface area contributed by atoms with Crippen molar-refractivity contribution in [1.82, 2.24) is 9.97 Å². The molecule has 0 aliphatic heterocycles. The van der Waals surface area contributed by atoms with Crippen LogP contribution >= 0.6 is 0 Å². The molecule has 0 amide bonds. The van der Waals surface area contributed by atoms with Gasteiger partial charge in [-0.1, -0.05) is 30.3 Å². The minimum atomic E-state index is 0.434. The highest BCUT2D eigenvalue weighted by molar-refractivity contribution is 5.57. The van der Waals surface area contributed by atoms with Crippen LogP contribution in [0.25, 0.3) is 11.4 Å². The number of aromatic nitrogens is 2. The first-order valence-electron chi connectivity index (χ1n) is 6.45. The number of nitrogens with zero attached hydrogens (tertiary/aromatic N) is 2. The SMILES string of the molecule is CCOCCOc1cc(NN)nc(-c2ccccc2)n1. The Kier molecular flexibility index (Phi) is 5.28. The van der Waals surface area contributed by atoms with Crippen molar-refractivity contribution in [3.8, 4) is 17.3 Å². The number of nitrogens with two attached hydrogens (primary N) is 1. The van der Waals surface area contributed by atoms with E-state index in [9.17, 15) is 0 Å². The molecule has 0 bridgehead atoms. The van der Waals surface area contributed by atoms with Gasteiger partial charge >= 0.3 is 0 Å². The normalized spacial score (nSPS) is 10.3. The molecule has 1 heterocycles. The van der Waals surface area contributed by atoms with Crippen molar-refractivity contribution in [2.45, 2.75) is 6.92 Å². The highest BCUT2D eigenvalue weighted by atomic mass is 16.5. The van der Waals surface area contributed by atoms with Crippen LogP contribution in [-0.2, 0) is 4.74 Å². The van der Waals surface area contributed by atoms with Crippen LogP contribution in [0.1, 0.15) is 6.92 Å². The fourth-order valence-electron chi connectivity index (χ4n) is 1.64. The average Bonchev–Trinajstić information content (AvgIpc) is 2.52. The van der Waals surface area contributed by atoms with Crippen molar-refractivity contribution >= 4 is 5.82 Å². The van der Waals surface area contributed by atoms with Gasteiger partial charge in [-0.25, -0.2) is 10.8 Å². The third-order valence-electron chi connectivity index (χ3n) is 2.56. The van der Waals surface area contributed by atoms with Crippen molar-refractivity contribution in [1.29, 1.82) is 0 Å². The van der Waals surface area contributed by atoms with E-state index in [0.717, 1.165) is 5.56 Å². The van der Waals surface area contributed by atoms with Crippen LogP contribution in [0.3, 0.4) is 0 Å². The van der Waals surface area contributed by atoms with Gasteiger partial charge in [0.15, 0.2) is 5.82 Å². The minimum Gasteiger partial charge on any atom is -0.475 e. The Bertz CT molecular complexity index is 534. The Labute approximate surface area is 117 Å². The molecule has 0 unspecified atom stereocenters. The summed E-state index contributed by atoms with van der Waals surface area (Å²) in [5.41, 5.74) is 3.42. The van der Waals surface area contributed by atoms with Crippen molar-refractivity contribution in [3.05, 3.63) is 36.4 Å². The van der Waals surface area contributed by atoms with Gasteiger partial charge in [0.25, 0.3) is 0 Å². The van der Waals surface area contributed by atoms with Crippen LogP contribution in [0.2, 0.25) is 0 Å². The van der Waals surface area contributed by atoms with Gasteiger partial charge in [0, 0.05) is 18.2 Å². The zero-order chi connectivity index (χ0) is 14.2. The molecule has 0 aliphatic rings. The second-order valence-electron chi connectivity index (χ2n) is 3.97. The van der Waals surface area contributed by atoms with E-state index in [1.165, 1.54) is 0 Å². The summed E-state index contributed by atoms with van der Waals surface area (Å²) in [6.07, 6.45) is 0. The van der Waals surface area contributed by atoms with E-state index in [1.54, 1.807) is 6.07 Å². The van der Waals surface area contributed by atoms with Gasteiger partial charge in [0.1, 0.15) is 12.4 Å². The van der Waals surface area contributed by atoms with Gasteiger partial charge in [-0.3, -0.25) is 0 Å². The molecule has 20 heavy (non-hydrogen) atoms. The van der Waals surface area contributed by atoms with Crippen molar-refractivity contribution in [2.24, 2.45) is 5.84 Å². The second-order valence-corrected chi connectivity index (χ2v) is 3.97. The number of hydrazine groups is 1. The van der Waals surface area contributed by atoms with Crippen LogP contribution in [-0.4, -0.2) is 29.8 Å². The van der Waals surface area contributed by atoms with Crippen LogP contribution < -0.4 is 16.0 Å². The molecule has 1 aromatic heterocycles. The molecule has 2 aromatic rings. The summed E-state index contributed by atoms with van der Waals surface area (Å²) >= 11 is 0. The molecular weight excluding hydrogens is 256 g/mol. The van der Waals surface area contributed by atoms with Crippen molar-refractivity contribution < 1.29 is 9.47 Å². The maximum atomic E-state index is 5.54. The van der Waals surface area contributed by atoms with Gasteiger partial charge in [0.05, 0.1) is 6.61 Å². The third-order valence-corrected chi connectivity index (χ3v) is 2.56. The van der Waals surface area contributed by atoms with Crippen LogP contribution in [0.4, 0.5) is 5.82 Å². The van der Waals surface area contributed by atoms with E-state index >= 15 is 0 Å². The Hall–Kier alpha value is -2.18. The number of ether oxygens (including phenoxy) is 2. The molecule has 2 rings (SSSR count). The standard InChI is InChI=1S/C14H18N4O2/c1-2-19-8-9-20-13-10-12(18-15)16-14(17-13)11-6-4-3-5-7-11/h3-7,10H,2,8-9,15H2,1H3,(H,16,17,18). The van der Waals surface area contributed by atoms with Crippen LogP contribution in [0, 0.1) is 0 Å². The lowest BCUT2D eigenvalue weighted by molar-refractivity contribution is 0.108. The first-order valence-corrected chi connectivity index (χ1v) is 6.45. The summed E-state index contributed by atoms with van der Waals surface area (Å²) in [4.78, 5) is 8.67. The molecule has 1 aromatic carbocycles. The average molecular weight is 274 g/mol. The van der Waals surface area contributed by atoms with E-state index in [1.807, 2.05) is 37.3 Å². The zero-order valence-electron chi connectivity index (χ0n) is 11.4. The highest BCUT2D eigenvalue weighted by Crippen LogP contribution is 2.20. The molecule has 6 heteroatoms. The molecule has 0 fully saturated rings. The summed E-state index contributed by atoms with van der Waals surface area (Å²) in [5, 5.41) is 0. The number of anilines is 1. The molecule has 0 radical (unpaired) electrons. The molecule has 0 spiro atoms. The molecule has 0 atom stereocenters. The largest absolute Gasteiger partial charge is 0.475 e. The molecule has 0 saturated carbocycles. The summed E-state index contributed by atoms with van der Waals surface area (Å²) in [7, 11) is 0. The smallest absolute Gasteiger partial charge is 0.219 e. The minimum absolute atomic E-state index is 0.434. The van der Waals surface area contributed by atoms with E-state index in [4.69, 9.17) is 15.3 Å². The van der Waals surface area contributed by atoms with Crippen molar-refractivity contribution in [2.75, 3.05) is 25.2 Å². The molecule has 3 N–H and O–H groups in total. The third kappa shape index (κ3) is 3.91.